The van der Waals surface area contributed by atoms with Crippen molar-refractivity contribution in [2.75, 3.05) is 5.75 Å². The fraction of sp³-hybridized carbons (Fsp3) is 0.167. The molecule has 1 atom stereocenters. The highest BCUT2D eigenvalue weighted by Crippen LogP contribution is 2.12. The predicted molar refractivity (Wildman–Crippen MR) is 64.4 cm³/mol. The van der Waals surface area contributed by atoms with Gasteiger partial charge in [0.15, 0.2) is 0 Å². The van der Waals surface area contributed by atoms with Gasteiger partial charge in [-0.2, -0.15) is 0 Å². The summed E-state index contributed by atoms with van der Waals surface area (Å²) in [6.07, 6.45) is 1.17. The van der Waals surface area contributed by atoms with Gasteiger partial charge in [-0.3, -0.25) is 13.8 Å². The fourth-order valence-corrected chi connectivity index (χ4v) is 2.48. The van der Waals surface area contributed by atoms with Gasteiger partial charge in [0, 0.05) is 0 Å². The summed E-state index contributed by atoms with van der Waals surface area (Å²) in [5.41, 5.74) is 0.104. The third-order valence-electron chi connectivity index (χ3n) is 2.23. The van der Waals surface area contributed by atoms with Crippen molar-refractivity contribution in [3.8, 4) is 0 Å². The van der Waals surface area contributed by atoms with Crippen molar-refractivity contribution in [2.45, 2.75) is 11.8 Å². The van der Waals surface area contributed by atoms with Crippen LogP contribution in [0.1, 0.15) is 6.92 Å². The maximum absolute atomic E-state index is 12.0. The molecule has 0 bridgehead atoms. The van der Waals surface area contributed by atoms with Crippen molar-refractivity contribution in [1.82, 2.24) is 0 Å². The maximum Gasteiger partial charge on any atom is 0.208 e. The van der Waals surface area contributed by atoms with Crippen LogP contribution in [0.25, 0.3) is 11.0 Å². The second-order valence-electron chi connectivity index (χ2n) is 3.62. The number of carbonyl (C=O) groups is 1. The van der Waals surface area contributed by atoms with E-state index in [2.05, 4.69) is 0 Å². The van der Waals surface area contributed by atoms with Gasteiger partial charge in [0.25, 0.3) is 0 Å². The molecule has 0 aliphatic rings. The zero-order chi connectivity index (χ0) is 12.4. The number of fused-ring (bicyclic) bond motifs is 1. The van der Waals surface area contributed by atoms with Gasteiger partial charge in [0.2, 0.25) is 5.43 Å². The van der Waals surface area contributed by atoms with Crippen LogP contribution in [0.15, 0.2) is 44.6 Å². The lowest BCUT2D eigenvalue weighted by Crippen LogP contribution is -2.15. The van der Waals surface area contributed by atoms with Crippen LogP contribution in [-0.4, -0.2) is 15.7 Å². The maximum atomic E-state index is 12.0. The molecule has 0 spiro atoms. The SMILES string of the molecule is CC(=O)CS(=O)c1coc2ccccc2c1=O. The van der Waals surface area contributed by atoms with E-state index in [9.17, 15) is 13.8 Å². The molecule has 0 N–H and O–H groups in total. The Hall–Kier alpha value is -1.75. The quantitative estimate of drug-likeness (QED) is 0.827. The number of hydrogen-bond donors (Lipinski definition) is 0. The van der Waals surface area contributed by atoms with E-state index in [1.165, 1.54) is 13.2 Å². The Balaban J connectivity index is 2.57. The lowest BCUT2D eigenvalue weighted by Gasteiger charge is -2.00. The molecule has 0 aliphatic heterocycles. The van der Waals surface area contributed by atoms with Gasteiger partial charge in [0.05, 0.1) is 21.9 Å². The second-order valence-corrected chi connectivity index (χ2v) is 5.04. The molecular formula is C12H10O4S. The molecule has 1 unspecified atom stereocenters. The minimum absolute atomic E-state index is 0.0406. The number of Topliss-reactive ketones (excluding diaryl/α,β-unsaturated/α-hetero) is 1. The van der Waals surface area contributed by atoms with E-state index in [1.54, 1.807) is 24.3 Å². The first-order chi connectivity index (χ1) is 8.09. The lowest BCUT2D eigenvalue weighted by atomic mass is 10.2. The molecule has 1 aromatic carbocycles. The highest BCUT2D eigenvalue weighted by atomic mass is 32.2. The summed E-state index contributed by atoms with van der Waals surface area (Å²) in [6, 6.07) is 6.72. The third-order valence-corrected chi connectivity index (χ3v) is 3.67. The van der Waals surface area contributed by atoms with E-state index < -0.39 is 10.8 Å². The molecule has 0 amide bonds. The number of ketones is 1. The molecule has 2 rings (SSSR count). The number of carbonyl (C=O) groups excluding carboxylic acids is 1. The summed E-state index contributed by atoms with van der Waals surface area (Å²) in [5.74, 6) is -0.390. The molecule has 1 heterocycles. The predicted octanol–water partition coefficient (Wildman–Crippen LogP) is 1.49. The molecule has 4 nitrogen and oxygen atoms in total. The zero-order valence-electron chi connectivity index (χ0n) is 9.14. The van der Waals surface area contributed by atoms with Crippen LogP contribution in [0.3, 0.4) is 0 Å². The van der Waals surface area contributed by atoms with Crippen molar-refractivity contribution >= 4 is 27.6 Å². The molecule has 2 aromatic rings. The van der Waals surface area contributed by atoms with E-state index in [1.807, 2.05) is 0 Å². The largest absolute Gasteiger partial charge is 0.463 e. The zero-order valence-corrected chi connectivity index (χ0v) is 9.95. The molecule has 0 fully saturated rings. The number of hydrogen-bond acceptors (Lipinski definition) is 4. The summed E-state index contributed by atoms with van der Waals surface area (Å²) < 4.78 is 17.0. The standard InChI is InChI=1S/C12H10O4S/c1-8(13)7-17(15)11-6-16-10-5-3-2-4-9(10)12(11)14/h2-6H,7H2,1H3. The number of para-hydroxylation sites is 1. The molecular weight excluding hydrogens is 240 g/mol. The Morgan fingerprint density at radius 1 is 1.35 bits per heavy atom. The van der Waals surface area contributed by atoms with Crippen molar-refractivity contribution in [3.63, 3.8) is 0 Å². The highest BCUT2D eigenvalue weighted by molar-refractivity contribution is 7.85. The fourth-order valence-electron chi connectivity index (χ4n) is 1.48. The van der Waals surface area contributed by atoms with Crippen LogP contribution in [-0.2, 0) is 15.6 Å². The van der Waals surface area contributed by atoms with Crippen LogP contribution >= 0.6 is 0 Å². The van der Waals surface area contributed by atoms with Crippen LogP contribution in [0.5, 0.6) is 0 Å². The first-order valence-corrected chi connectivity index (χ1v) is 6.30. The van der Waals surface area contributed by atoms with E-state index in [0.29, 0.717) is 11.0 Å². The molecule has 0 aliphatic carbocycles. The summed E-state index contributed by atoms with van der Waals surface area (Å²) in [6.45, 7) is 1.33. The van der Waals surface area contributed by atoms with Crippen LogP contribution < -0.4 is 5.43 Å². The van der Waals surface area contributed by atoms with Gasteiger partial charge < -0.3 is 4.42 Å². The van der Waals surface area contributed by atoms with Crippen LogP contribution in [0.2, 0.25) is 0 Å². The second kappa shape index (κ2) is 4.63. The molecule has 0 radical (unpaired) electrons. The minimum Gasteiger partial charge on any atom is -0.463 e. The van der Waals surface area contributed by atoms with Crippen molar-refractivity contribution in [1.29, 1.82) is 0 Å². The smallest absolute Gasteiger partial charge is 0.208 e. The average Bonchev–Trinajstić information content (AvgIpc) is 2.28. The van der Waals surface area contributed by atoms with Crippen LogP contribution in [0, 0.1) is 0 Å². The summed E-state index contributed by atoms with van der Waals surface area (Å²) in [7, 11) is -1.64. The summed E-state index contributed by atoms with van der Waals surface area (Å²) >= 11 is 0. The molecule has 17 heavy (non-hydrogen) atoms. The van der Waals surface area contributed by atoms with Gasteiger partial charge in [-0.05, 0) is 19.1 Å². The first-order valence-electron chi connectivity index (χ1n) is 4.98. The Morgan fingerprint density at radius 3 is 2.76 bits per heavy atom. The van der Waals surface area contributed by atoms with Crippen molar-refractivity contribution in [3.05, 3.63) is 40.8 Å². The Morgan fingerprint density at radius 2 is 2.06 bits per heavy atom. The van der Waals surface area contributed by atoms with E-state index in [0.717, 1.165) is 0 Å². The monoisotopic (exact) mass is 250 g/mol. The third kappa shape index (κ3) is 2.34. The molecule has 0 saturated heterocycles. The van der Waals surface area contributed by atoms with Crippen LogP contribution in [0.4, 0.5) is 0 Å². The Labute approximate surface area is 99.7 Å². The number of benzene rings is 1. The molecule has 0 saturated carbocycles. The van der Waals surface area contributed by atoms with E-state index in [-0.39, 0.29) is 21.9 Å². The molecule has 5 heteroatoms. The van der Waals surface area contributed by atoms with E-state index in [4.69, 9.17) is 4.42 Å². The van der Waals surface area contributed by atoms with Gasteiger partial charge in [0.1, 0.15) is 22.5 Å². The van der Waals surface area contributed by atoms with Gasteiger partial charge in [-0.1, -0.05) is 12.1 Å². The molecule has 88 valence electrons. The topological polar surface area (TPSA) is 64.3 Å². The number of rotatable bonds is 3. The van der Waals surface area contributed by atoms with Gasteiger partial charge in [-0.25, -0.2) is 0 Å². The van der Waals surface area contributed by atoms with Gasteiger partial charge in [-0.15, -0.1) is 0 Å². The summed E-state index contributed by atoms with van der Waals surface area (Å²) in [5, 5.41) is 0.377. The summed E-state index contributed by atoms with van der Waals surface area (Å²) in [4.78, 5) is 22.9. The Kier molecular flexibility index (Phi) is 3.19. The minimum atomic E-state index is -1.64. The Bertz CT molecular complexity index is 657. The van der Waals surface area contributed by atoms with Crippen molar-refractivity contribution < 1.29 is 13.4 Å². The normalized spacial score (nSPS) is 12.5. The lowest BCUT2D eigenvalue weighted by molar-refractivity contribution is -0.114. The molecule has 1 aromatic heterocycles. The first kappa shape index (κ1) is 11.7. The van der Waals surface area contributed by atoms with Crippen molar-refractivity contribution in [2.24, 2.45) is 0 Å². The average molecular weight is 250 g/mol. The van der Waals surface area contributed by atoms with Gasteiger partial charge >= 0.3 is 0 Å². The highest BCUT2D eigenvalue weighted by Gasteiger charge is 2.14. The van der Waals surface area contributed by atoms with E-state index >= 15 is 0 Å².